The van der Waals surface area contributed by atoms with Crippen LogP contribution in [0.1, 0.15) is 5.56 Å². The summed E-state index contributed by atoms with van der Waals surface area (Å²) in [5, 5.41) is 4.17. The van der Waals surface area contributed by atoms with Crippen molar-refractivity contribution in [2.75, 3.05) is 19.6 Å². The molecular weight excluding hydrogens is 284 g/mol. The van der Waals surface area contributed by atoms with Gasteiger partial charge in [0.15, 0.2) is 11.5 Å². The van der Waals surface area contributed by atoms with Crippen LogP contribution in [-0.4, -0.2) is 40.4 Å². The summed E-state index contributed by atoms with van der Waals surface area (Å²) in [5.41, 5.74) is 4.95. The second kappa shape index (κ2) is 6.08. The molecule has 3 aromatic rings. The van der Waals surface area contributed by atoms with E-state index in [2.05, 4.69) is 30.5 Å². The number of nitrogens with one attached hydrogen (secondary N) is 2. The number of nitrogens with zero attached hydrogens (tertiary/aromatic N) is 4. The zero-order valence-corrected chi connectivity index (χ0v) is 12.1. The van der Waals surface area contributed by atoms with E-state index in [-0.39, 0.29) is 0 Å². The van der Waals surface area contributed by atoms with Gasteiger partial charge < -0.3 is 14.5 Å². The Morgan fingerprint density at radius 1 is 1.18 bits per heavy atom. The quantitative estimate of drug-likeness (QED) is 0.551. The number of ether oxygens (including phenoxy) is 2. The average molecular weight is 298 g/mol. The van der Waals surface area contributed by atoms with Gasteiger partial charge in [0.25, 0.3) is 0 Å². The number of hydrazone groups is 1. The van der Waals surface area contributed by atoms with Crippen LogP contribution in [0.3, 0.4) is 0 Å². The number of imidazole rings is 1. The number of aromatic nitrogens is 4. The smallest absolute Gasteiger partial charge is 0.182 e. The lowest BCUT2D eigenvalue weighted by Crippen LogP contribution is -1.97. The van der Waals surface area contributed by atoms with E-state index in [1.165, 1.54) is 6.33 Å². The van der Waals surface area contributed by atoms with Gasteiger partial charge in [0.2, 0.25) is 0 Å². The number of aromatic amines is 1. The Kier molecular flexibility index (Phi) is 3.82. The van der Waals surface area contributed by atoms with Gasteiger partial charge in [-0.05, 0) is 12.1 Å². The number of methoxy groups -OCH3 is 2. The first-order valence-corrected chi connectivity index (χ1v) is 6.47. The molecule has 0 aliphatic rings. The van der Waals surface area contributed by atoms with Crippen molar-refractivity contribution in [2.24, 2.45) is 5.10 Å². The van der Waals surface area contributed by atoms with E-state index in [9.17, 15) is 0 Å². The molecule has 0 bridgehead atoms. The monoisotopic (exact) mass is 298 g/mol. The molecule has 0 aliphatic carbocycles. The van der Waals surface area contributed by atoms with Crippen molar-refractivity contribution >= 4 is 23.2 Å². The van der Waals surface area contributed by atoms with E-state index < -0.39 is 0 Å². The molecule has 0 saturated heterocycles. The third-order valence-electron chi connectivity index (χ3n) is 3.04. The molecular formula is C14H14N6O2. The number of benzene rings is 1. The zero-order valence-electron chi connectivity index (χ0n) is 12.1. The average Bonchev–Trinajstić information content (AvgIpc) is 3.04. The van der Waals surface area contributed by atoms with Crippen LogP contribution in [-0.2, 0) is 0 Å². The van der Waals surface area contributed by atoms with Crippen LogP contribution >= 0.6 is 0 Å². The molecule has 0 aliphatic heterocycles. The lowest BCUT2D eigenvalue weighted by atomic mass is 10.2. The van der Waals surface area contributed by atoms with Crippen LogP contribution in [0.25, 0.3) is 11.2 Å². The predicted octanol–water partition coefficient (Wildman–Crippen LogP) is 1.82. The van der Waals surface area contributed by atoms with Crippen molar-refractivity contribution in [1.82, 2.24) is 19.9 Å². The molecule has 1 aromatic carbocycles. The molecule has 0 fully saturated rings. The summed E-state index contributed by atoms with van der Waals surface area (Å²) in [4.78, 5) is 15.2. The Hall–Kier alpha value is -3.16. The Morgan fingerprint density at radius 2 is 2.09 bits per heavy atom. The lowest BCUT2D eigenvalue weighted by Gasteiger charge is -2.07. The Labute approximate surface area is 126 Å². The summed E-state index contributed by atoms with van der Waals surface area (Å²) < 4.78 is 10.5. The minimum atomic E-state index is 0.547. The Morgan fingerprint density at radius 3 is 2.91 bits per heavy atom. The van der Waals surface area contributed by atoms with Gasteiger partial charge in [0, 0.05) is 11.6 Å². The zero-order chi connectivity index (χ0) is 15.4. The van der Waals surface area contributed by atoms with Crippen LogP contribution < -0.4 is 14.9 Å². The maximum Gasteiger partial charge on any atom is 0.182 e. The van der Waals surface area contributed by atoms with Gasteiger partial charge in [0.05, 0.1) is 26.8 Å². The summed E-state index contributed by atoms with van der Waals surface area (Å²) in [6.07, 6.45) is 4.62. The number of fused-ring (bicyclic) bond motifs is 1. The van der Waals surface area contributed by atoms with E-state index in [0.29, 0.717) is 22.7 Å². The standard InChI is InChI=1S/C14H14N6O2/c1-21-10-4-3-9(11(5-10)22-2)6-19-20-14-12-13(16-7-15-12)17-8-18-14/h3-8H,1-2H3,(H2,15,16,17,18,20). The highest BCUT2D eigenvalue weighted by Gasteiger charge is 2.05. The van der Waals surface area contributed by atoms with Crippen LogP contribution in [0.5, 0.6) is 11.5 Å². The van der Waals surface area contributed by atoms with Gasteiger partial charge in [0.1, 0.15) is 23.3 Å². The summed E-state index contributed by atoms with van der Waals surface area (Å²) >= 11 is 0. The molecule has 2 heterocycles. The molecule has 0 atom stereocenters. The van der Waals surface area contributed by atoms with Gasteiger partial charge in [-0.1, -0.05) is 0 Å². The molecule has 0 spiro atoms. The summed E-state index contributed by atoms with van der Waals surface area (Å²) in [7, 11) is 3.20. The van der Waals surface area contributed by atoms with Crippen molar-refractivity contribution in [3.63, 3.8) is 0 Å². The first-order valence-electron chi connectivity index (χ1n) is 6.47. The van der Waals surface area contributed by atoms with Crippen molar-refractivity contribution in [3.8, 4) is 11.5 Å². The third-order valence-corrected chi connectivity index (χ3v) is 3.04. The number of hydrogen-bond donors (Lipinski definition) is 2. The second-order valence-corrected chi connectivity index (χ2v) is 4.30. The topological polar surface area (TPSA) is 97.3 Å². The fourth-order valence-electron chi connectivity index (χ4n) is 1.94. The van der Waals surface area contributed by atoms with Crippen LogP contribution in [0, 0.1) is 0 Å². The van der Waals surface area contributed by atoms with E-state index in [1.807, 2.05) is 12.1 Å². The lowest BCUT2D eigenvalue weighted by molar-refractivity contribution is 0.394. The second-order valence-electron chi connectivity index (χ2n) is 4.30. The highest BCUT2D eigenvalue weighted by molar-refractivity contribution is 5.86. The molecule has 8 heteroatoms. The minimum Gasteiger partial charge on any atom is -0.497 e. The molecule has 112 valence electrons. The number of rotatable bonds is 5. The van der Waals surface area contributed by atoms with Gasteiger partial charge in [-0.3, -0.25) is 5.43 Å². The molecule has 8 nitrogen and oxygen atoms in total. The van der Waals surface area contributed by atoms with Crippen molar-refractivity contribution in [1.29, 1.82) is 0 Å². The maximum atomic E-state index is 5.31. The fourth-order valence-corrected chi connectivity index (χ4v) is 1.94. The molecule has 0 amide bonds. The number of anilines is 1. The van der Waals surface area contributed by atoms with E-state index >= 15 is 0 Å². The summed E-state index contributed by atoms with van der Waals surface area (Å²) in [6.45, 7) is 0. The molecule has 22 heavy (non-hydrogen) atoms. The Balaban J connectivity index is 1.81. The molecule has 2 aromatic heterocycles. The van der Waals surface area contributed by atoms with Crippen molar-refractivity contribution in [2.45, 2.75) is 0 Å². The first kappa shape index (κ1) is 13.8. The maximum absolute atomic E-state index is 5.31. The first-order chi connectivity index (χ1) is 10.8. The Bertz CT molecular complexity index is 814. The van der Waals surface area contributed by atoms with Crippen LogP contribution in [0.4, 0.5) is 5.82 Å². The molecule has 0 radical (unpaired) electrons. The largest absolute Gasteiger partial charge is 0.497 e. The summed E-state index contributed by atoms with van der Waals surface area (Å²) in [5.74, 6) is 1.93. The highest BCUT2D eigenvalue weighted by atomic mass is 16.5. The molecule has 3 rings (SSSR count). The molecule has 2 N–H and O–H groups in total. The van der Waals surface area contributed by atoms with Gasteiger partial charge >= 0.3 is 0 Å². The number of H-pyrrole nitrogens is 1. The van der Waals surface area contributed by atoms with Crippen molar-refractivity contribution in [3.05, 3.63) is 36.4 Å². The minimum absolute atomic E-state index is 0.547. The van der Waals surface area contributed by atoms with E-state index in [1.54, 1.807) is 32.8 Å². The van der Waals surface area contributed by atoms with Gasteiger partial charge in [-0.25, -0.2) is 15.0 Å². The highest BCUT2D eigenvalue weighted by Crippen LogP contribution is 2.23. The fraction of sp³-hybridized carbons (Fsp3) is 0.143. The van der Waals surface area contributed by atoms with Gasteiger partial charge in [-0.15, -0.1) is 0 Å². The summed E-state index contributed by atoms with van der Waals surface area (Å²) in [6, 6.07) is 5.48. The van der Waals surface area contributed by atoms with E-state index in [4.69, 9.17) is 9.47 Å². The normalized spacial score (nSPS) is 11.0. The third kappa shape index (κ3) is 2.66. The predicted molar refractivity (Wildman–Crippen MR) is 82.4 cm³/mol. The number of hydrogen-bond acceptors (Lipinski definition) is 7. The van der Waals surface area contributed by atoms with Gasteiger partial charge in [-0.2, -0.15) is 5.10 Å². The SMILES string of the molecule is COc1ccc(C=NNc2ncnc3nc[nH]c23)c(OC)c1. The van der Waals surface area contributed by atoms with Crippen LogP contribution in [0.2, 0.25) is 0 Å². The molecule has 0 unspecified atom stereocenters. The van der Waals surface area contributed by atoms with Crippen molar-refractivity contribution < 1.29 is 9.47 Å². The molecule has 0 saturated carbocycles. The van der Waals surface area contributed by atoms with Crippen LogP contribution in [0.15, 0.2) is 36.0 Å². The van der Waals surface area contributed by atoms with E-state index in [0.717, 1.165) is 11.3 Å².